The lowest BCUT2D eigenvalue weighted by Gasteiger charge is -2.10. The normalized spacial score (nSPS) is 11.1. The first-order chi connectivity index (χ1) is 14.8. The average molecular weight is 412 g/mol. The summed E-state index contributed by atoms with van der Waals surface area (Å²) in [6, 6.07) is 27.0. The molecule has 0 aliphatic carbocycles. The zero-order valence-electron chi connectivity index (χ0n) is 15.8. The molecular formula is C22H16N6OS. The van der Waals surface area contributed by atoms with Gasteiger partial charge in [-0.05, 0) is 24.3 Å². The summed E-state index contributed by atoms with van der Waals surface area (Å²) in [5.41, 5.74) is 2.31. The molecule has 3 aromatic carbocycles. The van der Waals surface area contributed by atoms with Crippen LogP contribution in [0, 0.1) is 0 Å². The minimum atomic E-state index is -0.179. The highest BCUT2D eigenvalue weighted by molar-refractivity contribution is 7.98. The van der Waals surface area contributed by atoms with Crippen molar-refractivity contribution in [1.82, 2.24) is 29.8 Å². The third kappa shape index (κ3) is 3.37. The Bertz CT molecular complexity index is 1370. The van der Waals surface area contributed by atoms with E-state index in [2.05, 4.69) is 20.5 Å². The van der Waals surface area contributed by atoms with E-state index < -0.39 is 0 Å². The number of nitrogens with zero attached hydrogens (tertiary/aromatic N) is 6. The fourth-order valence-corrected chi connectivity index (χ4v) is 4.00. The molecule has 8 heteroatoms. The number of rotatable bonds is 5. The summed E-state index contributed by atoms with van der Waals surface area (Å²) in [5, 5.41) is 18.2. The maximum atomic E-state index is 12.7. The Morgan fingerprint density at radius 2 is 1.47 bits per heavy atom. The van der Waals surface area contributed by atoms with Crippen LogP contribution < -0.4 is 5.56 Å². The van der Waals surface area contributed by atoms with Gasteiger partial charge in [0.05, 0.1) is 11.3 Å². The van der Waals surface area contributed by atoms with Gasteiger partial charge in [-0.1, -0.05) is 77.6 Å². The van der Waals surface area contributed by atoms with Gasteiger partial charge in [-0.2, -0.15) is 4.68 Å². The second kappa shape index (κ2) is 7.92. The van der Waals surface area contributed by atoms with Crippen LogP contribution in [0.1, 0.15) is 0 Å². The van der Waals surface area contributed by atoms with Crippen molar-refractivity contribution >= 4 is 22.7 Å². The smallest absolute Gasteiger partial charge is 0.270 e. The largest absolute Gasteiger partial charge is 0.278 e. The van der Waals surface area contributed by atoms with Gasteiger partial charge in [0, 0.05) is 11.3 Å². The van der Waals surface area contributed by atoms with Gasteiger partial charge in [0.2, 0.25) is 0 Å². The topological polar surface area (TPSA) is 78.5 Å². The van der Waals surface area contributed by atoms with Gasteiger partial charge < -0.3 is 0 Å². The zero-order chi connectivity index (χ0) is 20.3. The highest BCUT2D eigenvalue weighted by Crippen LogP contribution is 2.28. The van der Waals surface area contributed by atoms with Crippen molar-refractivity contribution in [2.75, 3.05) is 0 Å². The molecule has 0 fully saturated rings. The summed E-state index contributed by atoms with van der Waals surface area (Å²) in [6.07, 6.45) is 0. The minimum absolute atomic E-state index is 0.179. The summed E-state index contributed by atoms with van der Waals surface area (Å²) in [5.74, 6) is 1.01. The van der Waals surface area contributed by atoms with Crippen LogP contribution in [0.3, 0.4) is 0 Å². The van der Waals surface area contributed by atoms with Crippen molar-refractivity contribution < 1.29 is 0 Å². The van der Waals surface area contributed by atoms with E-state index in [0.717, 1.165) is 17.1 Å². The molecule has 0 N–H and O–H groups in total. The van der Waals surface area contributed by atoms with Crippen LogP contribution in [0.5, 0.6) is 0 Å². The molecular weight excluding hydrogens is 396 g/mol. The van der Waals surface area contributed by atoms with Crippen molar-refractivity contribution in [3.63, 3.8) is 0 Å². The van der Waals surface area contributed by atoms with Gasteiger partial charge in [0.15, 0.2) is 11.0 Å². The van der Waals surface area contributed by atoms with E-state index >= 15 is 0 Å². The van der Waals surface area contributed by atoms with E-state index in [1.165, 1.54) is 16.4 Å². The number of aromatic nitrogens is 6. The molecule has 7 nitrogen and oxygen atoms in total. The highest BCUT2D eigenvalue weighted by Gasteiger charge is 2.16. The summed E-state index contributed by atoms with van der Waals surface area (Å²) in [6.45, 7) is 0. The number of hydrogen-bond acceptors (Lipinski definition) is 6. The molecule has 0 unspecified atom stereocenters. The van der Waals surface area contributed by atoms with Crippen LogP contribution in [-0.4, -0.2) is 29.8 Å². The monoisotopic (exact) mass is 412 g/mol. The molecule has 5 aromatic rings. The fraction of sp³-hybridized carbons (Fsp3) is 0.0455. The van der Waals surface area contributed by atoms with Crippen molar-refractivity contribution in [3.8, 4) is 17.1 Å². The van der Waals surface area contributed by atoms with E-state index in [1.807, 2.05) is 77.4 Å². The van der Waals surface area contributed by atoms with Crippen LogP contribution >= 0.6 is 11.8 Å². The van der Waals surface area contributed by atoms with E-state index in [-0.39, 0.29) is 11.4 Å². The van der Waals surface area contributed by atoms with Gasteiger partial charge in [0.1, 0.15) is 5.52 Å². The maximum absolute atomic E-state index is 12.7. The molecule has 0 saturated carbocycles. The lowest BCUT2D eigenvalue weighted by atomic mass is 10.2. The number of thioether (sulfide) groups is 1. The summed E-state index contributed by atoms with van der Waals surface area (Å²) < 4.78 is 3.33. The summed E-state index contributed by atoms with van der Waals surface area (Å²) >= 11 is 1.38. The molecule has 30 heavy (non-hydrogen) atoms. The molecule has 0 saturated heterocycles. The van der Waals surface area contributed by atoms with Gasteiger partial charge in [-0.3, -0.25) is 9.36 Å². The molecule has 0 amide bonds. The standard InChI is InChI=1S/C22H16N6OS/c29-21-18-13-7-8-14-19(18)23-26-27(21)15-30-22-25-24-20(16-9-3-1-4-10-16)28(22)17-11-5-2-6-12-17/h1-14H,15H2. The van der Waals surface area contributed by atoms with Crippen molar-refractivity contribution in [2.24, 2.45) is 0 Å². The Hall–Kier alpha value is -3.78. The predicted octanol–water partition coefficient (Wildman–Crippen LogP) is 3.79. The second-order valence-electron chi connectivity index (χ2n) is 6.53. The number of fused-ring (bicyclic) bond motifs is 1. The Morgan fingerprint density at radius 1 is 0.767 bits per heavy atom. The number of hydrogen-bond donors (Lipinski definition) is 0. The van der Waals surface area contributed by atoms with Crippen LogP contribution in [-0.2, 0) is 5.88 Å². The first-order valence-electron chi connectivity index (χ1n) is 9.33. The minimum Gasteiger partial charge on any atom is -0.270 e. The Balaban J connectivity index is 1.53. The lowest BCUT2D eigenvalue weighted by Crippen LogP contribution is -2.23. The van der Waals surface area contributed by atoms with Gasteiger partial charge >= 0.3 is 0 Å². The number of para-hydroxylation sites is 1. The van der Waals surface area contributed by atoms with Crippen LogP contribution in [0.4, 0.5) is 0 Å². The number of benzene rings is 3. The van der Waals surface area contributed by atoms with E-state index in [0.29, 0.717) is 16.1 Å². The van der Waals surface area contributed by atoms with Crippen LogP contribution in [0.15, 0.2) is 94.9 Å². The van der Waals surface area contributed by atoms with Gasteiger partial charge in [-0.15, -0.1) is 15.3 Å². The van der Waals surface area contributed by atoms with Gasteiger partial charge in [-0.25, -0.2) is 0 Å². The van der Waals surface area contributed by atoms with E-state index in [9.17, 15) is 4.79 Å². The Kier molecular flexibility index (Phi) is 4.82. The first kappa shape index (κ1) is 18.3. The molecule has 0 aliphatic rings. The molecule has 2 aromatic heterocycles. The fourth-order valence-electron chi connectivity index (χ4n) is 3.17. The Morgan fingerprint density at radius 3 is 2.27 bits per heavy atom. The quantitative estimate of drug-likeness (QED) is 0.409. The van der Waals surface area contributed by atoms with Crippen LogP contribution in [0.2, 0.25) is 0 Å². The molecule has 0 bridgehead atoms. The molecule has 0 aliphatic heterocycles. The van der Waals surface area contributed by atoms with Gasteiger partial charge in [0.25, 0.3) is 5.56 Å². The van der Waals surface area contributed by atoms with Crippen molar-refractivity contribution in [1.29, 1.82) is 0 Å². The highest BCUT2D eigenvalue weighted by atomic mass is 32.2. The van der Waals surface area contributed by atoms with Crippen molar-refractivity contribution in [3.05, 3.63) is 95.3 Å². The second-order valence-corrected chi connectivity index (χ2v) is 7.44. The molecule has 2 heterocycles. The average Bonchev–Trinajstić information content (AvgIpc) is 3.24. The summed E-state index contributed by atoms with van der Waals surface area (Å²) in [7, 11) is 0. The molecule has 0 spiro atoms. The Labute approximate surface area is 176 Å². The van der Waals surface area contributed by atoms with E-state index in [4.69, 9.17) is 0 Å². The van der Waals surface area contributed by atoms with E-state index in [1.54, 1.807) is 12.1 Å². The third-order valence-corrected chi connectivity index (χ3v) is 5.52. The van der Waals surface area contributed by atoms with Crippen LogP contribution in [0.25, 0.3) is 28.0 Å². The molecule has 0 radical (unpaired) electrons. The van der Waals surface area contributed by atoms with Crippen molar-refractivity contribution in [2.45, 2.75) is 11.0 Å². The molecule has 0 atom stereocenters. The SMILES string of the molecule is O=c1c2ccccc2nnn1CSc1nnc(-c2ccccc2)n1-c1ccccc1. The first-order valence-corrected chi connectivity index (χ1v) is 10.3. The summed E-state index contributed by atoms with van der Waals surface area (Å²) in [4.78, 5) is 12.7. The lowest BCUT2D eigenvalue weighted by molar-refractivity contribution is 0.643. The third-order valence-electron chi connectivity index (χ3n) is 4.62. The zero-order valence-corrected chi connectivity index (χ0v) is 16.6. The predicted molar refractivity (Wildman–Crippen MR) is 116 cm³/mol. The molecule has 5 rings (SSSR count). The maximum Gasteiger partial charge on any atom is 0.278 e. The molecule has 146 valence electrons.